The molecule has 2 fully saturated rings. The fourth-order valence-electron chi connectivity index (χ4n) is 3.24. The average molecular weight is 319 g/mol. The van der Waals surface area contributed by atoms with E-state index < -0.39 is 0 Å². The lowest BCUT2D eigenvalue weighted by atomic mass is 10.1. The highest BCUT2D eigenvalue weighted by Gasteiger charge is 2.36. The summed E-state index contributed by atoms with van der Waals surface area (Å²) in [7, 11) is 1.94. The molecule has 1 saturated heterocycles. The molecule has 2 aliphatic rings. The minimum Gasteiger partial charge on any atom is -0.381 e. The van der Waals surface area contributed by atoms with E-state index in [4.69, 9.17) is 4.74 Å². The number of hydrogen-bond acceptors (Lipinski definition) is 4. The Morgan fingerprint density at radius 2 is 2.32 bits per heavy atom. The zero-order chi connectivity index (χ0) is 15.3. The molecule has 0 aromatic carbocycles. The van der Waals surface area contributed by atoms with Crippen molar-refractivity contribution in [3.8, 4) is 0 Å². The fraction of sp³-hybridized carbons (Fsp3) is 0.625. The van der Waals surface area contributed by atoms with Crippen LogP contribution in [-0.4, -0.2) is 46.4 Å². The predicted molar refractivity (Wildman–Crippen MR) is 86.3 cm³/mol. The van der Waals surface area contributed by atoms with E-state index in [9.17, 15) is 4.79 Å². The topological polar surface area (TPSA) is 47.4 Å². The molecule has 3 heterocycles. The molecule has 5 nitrogen and oxygen atoms in total. The summed E-state index contributed by atoms with van der Waals surface area (Å²) in [5, 5.41) is 5.52. The molecule has 1 aliphatic heterocycles. The summed E-state index contributed by atoms with van der Waals surface area (Å²) in [5.41, 5.74) is 0.995. The highest BCUT2D eigenvalue weighted by Crippen LogP contribution is 2.34. The number of amides is 1. The van der Waals surface area contributed by atoms with E-state index in [0.717, 1.165) is 59.8 Å². The van der Waals surface area contributed by atoms with Crippen LogP contribution in [0.3, 0.4) is 0 Å². The Morgan fingerprint density at radius 1 is 1.50 bits per heavy atom. The van der Waals surface area contributed by atoms with Crippen molar-refractivity contribution < 1.29 is 9.53 Å². The zero-order valence-corrected chi connectivity index (χ0v) is 13.9. The molecular formula is C16H21N3O2S. The summed E-state index contributed by atoms with van der Waals surface area (Å²) < 4.78 is 7.34. The van der Waals surface area contributed by atoms with Gasteiger partial charge in [0, 0.05) is 37.5 Å². The molecule has 0 N–H and O–H groups in total. The highest BCUT2D eigenvalue weighted by molar-refractivity contribution is 7.20. The SMILES string of the molecule is Cc1nn(C)c2sc(C(=O)N(CC3CCOC3)C3CC3)cc12. The Morgan fingerprint density at radius 3 is 2.95 bits per heavy atom. The van der Waals surface area contributed by atoms with Gasteiger partial charge in [0.2, 0.25) is 0 Å². The van der Waals surface area contributed by atoms with Crippen molar-refractivity contribution in [1.82, 2.24) is 14.7 Å². The van der Waals surface area contributed by atoms with Gasteiger partial charge in [0.1, 0.15) is 4.83 Å². The Bertz CT molecular complexity index is 676. The van der Waals surface area contributed by atoms with Gasteiger partial charge in [-0.2, -0.15) is 5.10 Å². The Balaban J connectivity index is 1.60. The molecule has 0 radical (unpaired) electrons. The zero-order valence-electron chi connectivity index (χ0n) is 13.0. The number of rotatable bonds is 4. The van der Waals surface area contributed by atoms with Crippen molar-refractivity contribution in [2.45, 2.75) is 32.2 Å². The molecule has 1 aliphatic carbocycles. The van der Waals surface area contributed by atoms with Crippen molar-refractivity contribution >= 4 is 27.5 Å². The van der Waals surface area contributed by atoms with Crippen LogP contribution >= 0.6 is 11.3 Å². The number of fused-ring (bicyclic) bond motifs is 1. The van der Waals surface area contributed by atoms with Crippen molar-refractivity contribution in [2.24, 2.45) is 13.0 Å². The normalized spacial score (nSPS) is 21.6. The molecule has 2 aromatic rings. The number of carbonyl (C=O) groups excluding carboxylic acids is 1. The van der Waals surface area contributed by atoms with Gasteiger partial charge in [-0.05, 0) is 32.3 Å². The van der Waals surface area contributed by atoms with Gasteiger partial charge in [-0.1, -0.05) is 0 Å². The van der Waals surface area contributed by atoms with Crippen LogP contribution in [0.4, 0.5) is 0 Å². The second kappa shape index (κ2) is 5.35. The van der Waals surface area contributed by atoms with E-state index >= 15 is 0 Å². The molecule has 22 heavy (non-hydrogen) atoms. The van der Waals surface area contributed by atoms with Gasteiger partial charge in [-0.3, -0.25) is 9.48 Å². The van der Waals surface area contributed by atoms with Gasteiger partial charge in [-0.25, -0.2) is 0 Å². The third kappa shape index (κ3) is 2.44. The summed E-state index contributed by atoms with van der Waals surface area (Å²) in [6.07, 6.45) is 3.36. The number of nitrogens with zero attached hydrogens (tertiary/aromatic N) is 3. The molecule has 118 valence electrons. The molecule has 1 amide bonds. The average Bonchev–Trinajstić information content (AvgIpc) is 2.95. The van der Waals surface area contributed by atoms with Crippen LogP contribution in [0.5, 0.6) is 0 Å². The third-order valence-corrected chi connectivity index (χ3v) is 5.82. The predicted octanol–water partition coefficient (Wildman–Crippen LogP) is 2.58. The quantitative estimate of drug-likeness (QED) is 0.870. The number of carbonyl (C=O) groups is 1. The molecule has 1 unspecified atom stereocenters. The number of aromatic nitrogens is 2. The molecule has 4 rings (SSSR count). The number of hydrogen-bond donors (Lipinski definition) is 0. The fourth-order valence-corrected chi connectivity index (χ4v) is 4.32. The van der Waals surface area contributed by atoms with Crippen LogP contribution < -0.4 is 0 Å². The Labute approximate surface area is 133 Å². The van der Waals surface area contributed by atoms with Crippen molar-refractivity contribution in [2.75, 3.05) is 19.8 Å². The van der Waals surface area contributed by atoms with Crippen LogP contribution in [0.25, 0.3) is 10.2 Å². The van der Waals surface area contributed by atoms with Gasteiger partial charge in [0.15, 0.2) is 0 Å². The minimum absolute atomic E-state index is 0.190. The van der Waals surface area contributed by atoms with E-state index in [-0.39, 0.29) is 5.91 Å². The lowest BCUT2D eigenvalue weighted by Gasteiger charge is -2.24. The lowest BCUT2D eigenvalue weighted by Crippen LogP contribution is -2.37. The van der Waals surface area contributed by atoms with Crippen molar-refractivity contribution in [3.05, 3.63) is 16.6 Å². The smallest absolute Gasteiger partial charge is 0.264 e. The maximum absolute atomic E-state index is 13.0. The third-order valence-electron chi connectivity index (χ3n) is 4.63. The molecule has 0 bridgehead atoms. The van der Waals surface area contributed by atoms with Gasteiger partial charge < -0.3 is 9.64 Å². The monoisotopic (exact) mass is 319 g/mol. The molecule has 0 spiro atoms. The lowest BCUT2D eigenvalue weighted by molar-refractivity contribution is 0.0711. The largest absolute Gasteiger partial charge is 0.381 e. The van der Waals surface area contributed by atoms with E-state index in [2.05, 4.69) is 10.00 Å². The van der Waals surface area contributed by atoms with Gasteiger partial charge in [0.05, 0.1) is 17.2 Å². The summed E-state index contributed by atoms with van der Waals surface area (Å²) >= 11 is 1.56. The maximum Gasteiger partial charge on any atom is 0.264 e. The van der Waals surface area contributed by atoms with Crippen molar-refractivity contribution in [3.63, 3.8) is 0 Å². The van der Waals surface area contributed by atoms with Gasteiger partial charge in [-0.15, -0.1) is 11.3 Å². The molecule has 1 atom stereocenters. The number of thiophene rings is 1. The standard InChI is InChI=1S/C16H21N3O2S/c1-10-13-7-14(22-16(13)18(2)17-10)15(20)19(12-3-4-12)8-11-5-6-21-9-11/h7,11-12H,3-6,8-9H2,1-2H3. The highest BCUT2D eigenvalue weighted by atomic mass is 32.1. The summed E-state index contributed by atoms with van der Waals surface area (Å²) in [6, 6.07) is 2.46. The van der Waals surface area contributed by atoms with Crippen LogP contribution in [0, 0.1) is 12.8 Å². The summed E-state index contributed by atoms with van der Waals surface area (Å²) in [5.74, 6) is 0.692. The number of aryl methyl sites for hydroxylation is 2. The van der Waals surface area contributed by atoms with Crippen LogP contribution in [-0.2, 0) is 11.8 Å². The first-order valence-corrected chi connectivity index (χ1v) is 8.77. The maximum atomic E-state index is 13.0. The minimum atomic E-state index is 0.190. The Kier molecular flexibility index (Phi) is 3.46. The van der Waals surface area contributed by atoms with E-state index in [1.807, 2.05) is 24.7 Å². The van der Waals surface area contributed by atoms with Crippen molar-refractivity contribution in [1.29, 1.82) is 0 Å². The second-order valence-electron chi connectivity index (χ2n) is 6.46. The second-order valence-corrected chi connectivity index (χ2v) is 7.49. The van der Waals surface area contributed by atoms with Gasteiger partial charge in [0.25, 0.3) is 5.91 Å². The molecular weight excluding hydrogens is 298 g/mol. The molecule has 2 aromatic heterocycles. The van der Waals surface area contributed by atoms with Crippen LogP contribution in [0.15, 0.2) is 6.07 Å². The molecule has 6 heteroatoms. The van der Waals surface area contributed by atoms with Crippen LogP contribution in [0.2, 0.25) is 0 Å². The first-order chi connectivity index (χ1) is 10.6. The first kappa shape index (κ1) is 14.2. The van der Waals surface area contributed by atoms with E-state index in [1.54, 1.807) is 11.3 Å². The summed E-state index contributed by atoms with van der Waals surface area (Å²) in [4.78, 5) is 17.0. The summed E-state index contributed by atoms with van der Waals surface area (Å²) in [6.45, 7) is 4.48. The Hall–Kier alpha value is -1.40. The van der Waals surface area contributed by atoms with E-state index in [0.29, 0.717) is 12.0 Å². The first-order valence-electron chi connectivity index (χ1n) is 7.95. The number of ether oxygens (including phenoxy) is 1. The van der Waals surface area contributed by atoms with Crippen LogP contribution in [0.1, 0.15) is 34.6 Å². The van der Waals surface area contributed by atoms with Gasteiger partial charge >= 0.3 is 0 Å². The van der Waals surface area contributed by atoms with E-state index in [1.165, 1.54) is 0 Å². The molecule has 1 saturated carbocycles.